The van der Waals surface area contributed by atoms with Gasteiger partial charge in [0.05, 0.1) is 21.7 Å². The number of hydrogen-bond acceptors (Lipinski definition) is 5. The Morgan fingerprint density at radius 2 is 1.88 bits per heavy atom. The number of carbonyl (C=O) groups excluding carboxylic acids is 1. The van der Waals surface area contributed by atoms with E-state index in [-0.39, 0.29) is 16.1 Å². The van der Waals surface area contributed by atoms with Gasteiger partial charge in [-0.25, -0.2) is 12.8 Å². The molecule has 1 aromatic heterocycles. The van der Waals surface area contributed by atoms with Crippen LogP contribution in [0.1, 0.15) is 17.3 Å². The molecular formula is C23H20FN3O4S2. The number of carbonyl (C=O) groups is 1. The van der Waals surface area contributed by atoms with E-state index in [1.807, 2.05) is 36.7 Å². The Labute approximate surface area is 193 Å². The van der Waals surface area contributed by atoms with Crippen molar-refractivity contribution in [3.63, 3.8) is 0 Å². The molecule has 7 nitrogen and oxygen atoms in total. The zero-order valence-corrected chi connectivity index (χ0v) is 19.4. The molecule has 0 atom stereocenters. The normalized spacial score (nSPS) is 12.2. The van der Waals surface area contributed by atoms with Gasteiger partial charge in [0.25, 0.3) is 15.9 Å². The van der Waals surface area contributed by atoms with Gasteiger partial charge in [-0.2, -0.15) is 4.99 Å². The first-order chi connectivity index (χ1) is 15.8. The van der Waals surface area contributed by atoms with Crippen LogP contribution >= 0.6 is 11.3 Å². The second-order valence-corrected chi connectivity index (χ2v) is 9.75. The SMILES string of the molecule is CCOc1ccc2c(c1)sc(=NC(=O)c1cccc(NS(=O)(=O)c3ccc(F)cc3)c1)n2C. The Hall–Kier alpha value is -3.50. The van der Waals surface area contributed by atoms with Crippen LogP contribution in [-0.4, -0.2) is 25.5 Å². The molecule has 0 bridgehead atoms. The van der Waals surface area contributed by atoms with Crippen molar-refractivity contribution >= 4 is 43.2 Å². The number of amides is 1. The number of thiazole rings is 1. The molecule has 1 N–H and O–H groups in total. The largest absolute Gasteiger partial charge is 0.494 e. The summed E-state index contributed by atoms with van der Waals surface area (Å²) in [6.45, 7) is 2.46. The molecule has 0 aliphatic carbocycles. The average molecular weight is 486 g/mol. The second-order valence-electron chi connectivity index (χ2n) is 7.06. The van der Waals surface area contributed by atoms with Crippen LogP contribution in [0.2, 0.25) is 0 Å². The van der Waals surface area contributed by atoms with E-state index >= 15 is 0 Å². The predicted molar refractivity (Wildman–Crippen MR) is 126 cm³/mol. The number of aromatic nitrogens is 1. The quantitative estimate of drug-likeness (QED) is 0.441. The minimum absolute atomic E-state index is 0.0889. The van der Waals surface area contributed by atoms with Gasteiger partial charge in [0.2, 0.25) is 0 Å². The van der Waals surface area contributed by atoms with Crippen LogP contribution in [0.5, 0.6) is 5.75 Å². The summed E-state index contributed by atoms with van der Waals surface area (Å²) in [5.74, 6) is -0.303. The molecule has 4 aromatic rings. The van der Waals surface area contributed by atoms with Gasteiger partial charge in [0, 0.05) is 18.3 Å². The Morgan fingerprint density at radius 1 is 1.12 bits per heavy atom. The van der Waals surface area contributed by atoms with Crippen molar-refractivity contribution in [3.05, 3.63) is 82.9 Å². The molecule has 0 aliphatic rings. The van der Waals surface area contributed by atoms with Crippen LogP contribution in [0, 0.1) is 5.82 Å². The number of rotatable bonds is 6. The first kappa shape index (κ1) is 22.7. The van der Waals surface area contributed by atoms with E-state index < -0.39 is 21.7 Å². The van der Waals surface area contributed by atoms with Crippen molar-refractivity contribution in [1.29, 1.82) is 0 Å². The fourth-order valence-electron chi connectivity index (χ4n) is 3.17. The highest BCUT2D eigenvalue weighted by atomic mass is 32.2. The van der Waals surface area contributed by atoms with E-state index in [0.29, 0.717) is 11.4 Å². The number of ether oxygens (including phenoxy) is 1. The summed E-state index contributed by atoms with van der Waals surface area (Å²) < 4.78 is 48.9. The molecule has 10 heteroatoms. The van der Waals surface area contributed by atoms with Gasteiger partial charge >= 0.3 is 0 Å². The Kier molecular flexibility index (Phi) is 6.30. The van der Waals surface area contributed by atoms with E-state index in [1.165, 1.54) is 35.6 Å². The van der Waals surface area contributed by atoms with E-state index in [9.17, 15) is 17.6 Å². The maximum absolute atomic E-state index is 13.1. The molecule has 1 heterocycles. The van der Waals surface area contributed by atoms with Crippen LogP contribution in [0.15, 0.2) is 76.6 Å². The molecule has 0 fully saturated rings. The zero-order chi connectivity index (χ0) is 23.6. The molecule has 0 aliphatic heterocycles. The molecule has 0 unspecified atom stereocenters. The molecular weight excluding hydrogens is 465 g/mol. The fraction of sp³-hybridized carbons (Fsp3) is 0.130. The molecule has 1 amide bonds. The van der Waals surface area contributed by atoms with E-state index in [2.05, 4.69) is 9.71 Å². The Morgan fingerprint density at radius 3 is 2.61 bits per heavy atom. The van der Waals surface area contributed by atoms with E-state index in [4.69, 9.17) is 4.74 Å². The second kappa shape index (κ2) is 9.16. The van der Waals surface area contributed by atoms with Crippen LogP contribution < -0.4 is 14.3 Å². The average Bonchev–Trinajstić information content (AvgIpc) is 3.08. The topological polar surface area (TPSA) is 89.8 Å². The third kappa shape index (κ3) is 4.96. The minimum Gasteiger partial charge on any atom is -0.494 e. The Bertz CT molecular complexity index is 1510. The smallest absolute Gasteiger partial charge is 0.279 e. The molecule has 0 saturated carbocycles. The van der Waals surface area contributed by atoms with Gasteiger partial charge < -0.3 is 9.30 Å². The molecule has 0 radical (unpaired) electrons. The lowest BCUT2D eigenvalue weighted by Gasteiger charge is -2.08. The molecule has 33 heavy (non-hydrogen) atoms. The van der Waals surface area contributed by atoms with Gasteiger partial charge in [0.15, 0.2) is 4.80 Å². The maximum atomic E-state index is 13.1. The van der Waals surface area contributed by atoms with Gasteiger partial charge in [-0.1, -0.05) is 17.4 Å². The summed E-state index contributed by atoms with van der Waals surface area (Å²) in [4.78, 5) is 17.5. The molecule has 4 rings (SSSR count). The van der Waals surface area contributed by atoms with Gasteiger partial charge in [-0.3, -0.25) is 9.52 Å². The summed E-state index contributed by atoms with van der Waals surface area (Å²) in [5, 5.41) is 0. The summed E-state index contributed by atoms with van der Waals surface area (Å²) in [5.41, 5.74) is 1.33. The van der Waals surface area contributed by atoms with Gasteiger partial charge in [-0.15, -0.1) is 0 Å². The number of fused-ring (bicyclic) bond motifs is 1. The summed E-state index contributed by atoms with van der Waals surface area (Å²) >= 11 is 1.35. The van der Waals surface area contributed by atoms with Crippen molar-refractivity contribution in [3.8, 4) is 5.75 Å². The lowest BCUT2D eigenvalue weighted by molar-refractivity contribution is 0.0998. The number of sulfonamides is 1. The van der Waals surface area contributed by atoms with Crippen molar-refractivity contribution in [2.75, 3.05) is 11.3 Å². The lowest BCUT2D eigenvalue weighted by atomic mass is 10.2. The third-order valence-corrected chi connectivity index (χ3v) is 7.27. The van der Waals surface area contributed by atoms with Crippen LogP contribution in [-0.2, 0) is 17.1 Å². The minimum atomic E-state index is -3.94. The maximum Gasteiger partial charge on any atom is 0.279 e. The first-order valence-electron chi connectivity index (χ1n) is 9.97. The number of halogens is 1. The number of anilines is 1. The van der Waals surface area contributed by atoms with Gasteiger partial charge in [0.1, 0.15) is 11.6 Å². The highest BCUT2D eigenvalue weighted by Gasteiger charge is 2.15. The monoisotopic (exact) mass is 485 g/mol. The van der Waals surface area contributed by atoms with Crippen LogP contribution in [0.25, 0.3) is 10.2 Å². The first-order valence-corrected chi connectivity index (χ1v) is 12.3. The van der Waals surface area contributed by atoms with Crippen molar-refractivity contribution < 1.29 is 22.3 Å². The Balaban J connectivity index is 1.62. The standard InChI is InChI=1S/C23H20FN3O4S2/c1-3-31-18-9-12-20-21(14-18)32-23(27(20)2)25-22(28)15-5-4-6-17(13-15)26-33(29,30)19-10-7-16(24)8-11-19/h4-14,26H,3H2,1-2H3. The highest BCUT2D eigenvalue weighted by molar-refractivity contribution is 7.92. The molecule has 0 spiro atoms. The van der Waals surface area contributed by atoms with Crippen molar-refractivity contribution in [2.45, 2.75) is 11.8 Å². The number of aryl methyl sites for hydroxylation is 1. The zero-order valence-electron chi connectivity index (χ0n) is 17.8. The third-order valence-electron chi connectivity index (χ3n) is 4.77. The summed E-state index contributed by atoms with van der Waals surface area (Å²) in [6.07, 6.45) is 0. The van der Waals surface area contributed by atoms with Crippen LogP contribution in [0.4, 0.5) is 10.1 Å². The molecule has 170 valence electrons. The lowest BCUT2D eigenvalue weighted by Crippen LogP contribution is -2.14. The van der Waals surface area contributed by atoms with Crippen molar-refractivity contribution in [1.82, 2.24) is 4.57 Å². The predicted octanol–water partition coefficient (Wildman–Crippen LogP) is 4.32. The van der Waals surface area contributed by atoms with Crippen LogP contribution in [0.3, 0.4) is 0 Å². The number of benzene rings is 3. The molecule has 0 saturated heterocycles. The van der Waals surface area contributed by atoms with E-state index in [1.54, 1.807) is 12.1 Å². The number of nitrogens with zero attached hydrogens (tertiary/aromatic N) is 2. The van der Waals surface area contributed by atoms with Crippen molar-refractivity contribution in [2.24, 2.45) is 12.0 Å². The van der Waals surface area contributed by atoms with Gasteiger partial charge in [-0.05, 0) is 67.6 Å². The summed E-state index contributed by atoms with van der Waals surface area (Å²) in [7, 11) is -2.12. The number of nitrogens with one attached hydrogen (secondary N) is 1. The fourth-order valence-corrected chi connectivity index (χ4v) is 5.27. The summed E-state index contributed by atoms with van der Waals surface area (Å²) in [6, 6.07) is 16.2. The molecule has 3 aromatic carbocycles. The van der Waals surface area contributed by atoms with E-state index in [0.717, 1.165) is 28.1 Å². The highest BCUT2D eigenvalue weighted by Crippen LogP contribution is 2.23. The number of hydrogen-bond donors (Lipinski definition) is 1.